The number of carbonyl (C=O) groups excluding carboxylic acids is 1. The van der Waals surface area contributed by atoms with Crippen molar-refractivity contribution >= 4 is 24.0 Å². The molecular formula is C13H19ClN2O. The van der Waals surface area contributed by atoms with Gasteiger partial charge in [-0.1, -0.05) is 18.9 Å². The molecule has 1 aliphatic carbocycles. The molecule has 0 spiro atoms. The Balaban J connectivity index is 0.00000144. The second-order valence-electron chi connectivity index (χ2n) is 4.53. The molecule has 0 aliphatic heterocycles. The Bertz CT molecular complexity index is 400. The molecule has 0 heterocycles. The molecule has 0 atom stereocenters. The van der Waals surface area contributed by atoms with Gasteiger partial charge >= 0.3 is 0 Å². The summed E-state index contributed by atoms with van der Waals surface area (Å²) in [5, 5.41) is 3.07. The van der Waals surface area contributed by atoms with Gasteiger partial charge in [-0.15, -0.1) is 12.4 Å². The van der Waals surface area contributed by atoms with Gasteiger partial charge in [-0.2, -0.15) is 0 Å². The van der Waals surface area contributed by atoms with Crippen molar-refractivity contribution in [3.8, 4) is 0 Å². The lowest BCUT2D eigenvalue weighted by Crippen LogP contribution is -2.33. The summed E-state index contributed by atoms with van der Waals surface area (Å²) in [6.45, 7) is 1.93. The molecule has 1 saturated carbocycles. The van der Waals surface area contributed by atoms with E-state index in [-0.39, 0.29) is 18.3 Å². The average Bonchev–Trinajstić information content (AvgIpc) is 2.74. The lowest BCUT2D eigenvalue weighted by Gasteiger charge is -2.13. The van der Waals surface area contributed by atoms with E-state index in [9.17, 15) is 4.79 Å². The van der Waals surface area contributed by atoms with Gasteiger partial charge in [0.25, 0.3) is 5.91 Å². The van der Waals surface area contributed by atoms with E-state index in [1.165, 1.54) is 12.8 Å². The monoisotopic (exact) mass is 254 g/mol. The summed E-state index contributed by atoms with van der Waals surface area (Å²) in [4.78, 5) is 12.0. The average molecular weight is 255 g/mol. The third-order valence-corrected chi connectivity index (χ3v) is 3.20. The molecule has 3 N–H and O–H groups in total. The molecule has 0 aromatic heterocycles. The molecule has 0 bridgehead atoms. The summed E-state index contributed by atoms with van der Waals surface area (Å²) in [7, 11) is 0. The van der Waals surface area contributed by atoms with Crippen molar-refractivity contribution in [1.29, 1.82) is 0 Å². The minimum absolute atomic E-state index is 0. The fourth-order valence-electron chi connectivity index (χ4n) is 2.22. The van der Waals surface area contributed by atoms with Crippen LogP contribution < -0.4 is 11.1 Å². The van der Waals surface area contributed by atoms with Crippen LogP contribution in [0.25, 0.3) is 0 Å². The Hall–Kier alpha value is -1.22. The number of nitrogens with one attached hydrogen (secondary N) is 1. The number of hydrogen-bond acceptors (Lipinski definition) is 2. The van der Waals surface area contributed by atoms with Gasteiger partial charge in [-0.05, 0) is 37.5 Å². The molecule has 4 heteroatoms. The Morgan fingerprint density at radius 2 is 2.00 bits per heavy atom. The number of nitrogen functional groups attached to an aromatic ring is 1. The zero-order chi connectivity index (χ0) is 11.5. The van der Waals surface area contributed by atoms with Crippen molar-refractivity contribution in [2.24, 2.45) is 0 Å². The van der Waals surface area contributed by atoms with Crippen LogP contribution in [-0.4, -0.2) is 11.9 Å². The Morgan fingerprint density at radius 3 is 2.65 bits per heavy atom. The molecule has 0 unspecified atom stereocenters. The van der Waals surface area contributed by atoms with Crippen LogP contribution in [0.3, 0.4) is 0 Å². The van der Waals surface area contributed by atoms with E-state index >= 15 is 0 Å². The van der Waals surface area contributed by atoms with E-state index < -0.39 is 0 Å². The zero-order valence-electron chi connectivity index (χ0n) is 10.0. The molecule has 1 aliphatic rings. The molecule has 1 fully saturated rings. The number of halogens is 1. The number of anilines is 1. The third kappa shape index (κ3) is 3.37. The van der Waals surface area contributed by atoms with Crippen LogP contribution >= 0.6 is 12.4 Å². The smallest absolute Gasteiger partial charge is 0.251 e. The van der Waals surface area contributed by atoms with E-state index in [2.05, 4.69) is 5.32 Å². The van der Waals surface area contributed by atoms with Crippen molar-refractivity contribution in [2.45, 2.75) is 38.6 Å². The molecule has 1 amide bonds. The maximum atomic E-state index is 12.0. The lowest BCUT2D eigenvalue weighted by atomic mass is 10.1. The fourth-order valence-corrected chi connectivity index (χ4v) is 2.22. The highest BCUT2D eigenvalue weighted by atomic mass is 35.5. The summed E-state index contributed by atoms with van der Waals surface area (Å²) in [6, 6.07) is 5.81. The van der Waals surface area contributed by atoms with Crippen molar-refractivity contribution < 1.29 is 4.79 Å². The van der Waals surface area contributed by atoms with Gasteiger partial charge in [0.1, 0.15) is 0 Å². The Morgan fingerprint density at radius 1 is 1.35 bits per heavy atom. The van der Waals surface area contributed by atoms with Crippen LogP contribution in [0.2, 0.25) is 0 Å². The lowest BCUT2D eigenvalue weighted by molar-refractivity contribution is 0.0937. The number of nitrogens with two attached hydrogens (primary N) is 1. The molecular weight excluding hydrogens is 236 g/mol. The van der Waals surface area contributed by atoms with E-state index in [0.717, 1.165) is 18.4 Å². The Labute approximate surface area is 108 Å². The van der Waals surface area contributed by atoms with Gasteiger partial charge in [0.2, 0.25) is 0 Å². The summed E-state index contributed by atoms with van der Waals surface area (Å²) < 4.78 is 0. The van der Waals surface area contributed by atoms with Crippen LogP contribution in [0.5, 0.6) is 0 Å². The van der Waals surface area contributed by atoms with Gasteiger partial charge in [0, 0.05) is 17.3 Å². The first kappa shape index (κ1) is 13.8. The van der Waals surface area contributed by atoms with Gasteiger partial charge in [-0.3, -0.25) is 4.79 Å². The van der Waals surface area contributed by atoms with Crippen molar-refractivity contribution in [1.82, 2.24) is 5.32 Å². The van der Waals surface area contributed by atoms with Gasteiger partial charge in [0.05, 0.1) is 0 Å². The summed E-state index contributed by atoms with van der Waals surface area (Å²) in [5.74, 6) is 0.0108. The number of benzene rings is 1. The SMILES string of the molecule is Cc1ccc(N)cc1C(=O)NC1CCCC1.Cl. The molecule has 1 aromatic rings. The number of amides is 1. The Kier molecular flexibility index (Phi) is 4.82. The van der Waals surface area contributed by atoms with E-state index in [1.807, 2.05) is 19.1 Å². The topological polar surface area (TPSA) is 55.1 Å². The van der Waals surface area contributed by atoms with Crippen molar-refractivity contribution in [3.63, 3.8) is 0 Å². The molecule has 1 aromatic carbocycles. The van der Waals surface area contributed by atoms with Crippen molar-refractivity contribution in [2.75, 3.05) is 5.73 Å². The van der Waals surface area contributed by atoms with Crippen LogP contribution in [0.15, 0.2) is 18.2 Å². The number of aryl methyl sites for hydroxylation is 1. The number of hydrogen-bond donors (Lipinski definition) is 2. The highest BCUT2D eigenvalue weighted by Gasteiger charge is 2.18. The summed E-state index contributed by atoms with van der Waals surface area (Å²) >= 11 is 0. The van der Waals surface area contributed by atoms with Crippen molar-refractivity contribution in [3.05, 3.63) is 29.3 Å². The fraction of sp³-hybridized carbons (Fsp3) is 0.462. The van der Waals surface area contributed by atoms with Crippen LogP contribution in [0, 0.1) is 6.92 Å². The highest BCUT2D eigenvalue weighted by molar-refractivity contribution is 5.96. The summed E-state index contributed by atoms with van der Waals surface area (Å²) in [5.41, 5.74) is 8.01. The standard InChI is InChI=1S/C13H18N2O.ClH/c1-9-6-7-10(14)8-12(9)13(16)15-11-4-2-3-5-11;/h6-8,11H,2-5,14H2,1H3,(H,15,16);1H. The largest absolute Gasteiger partial charge is 0.399 e. The predicted octanol–water partition coefficient (Wildman–Crippen LogP) is 2.67. The van der Waals surface area contributed by atoms with E-state index in [1.54, 1.807) is 6.07 Å². The maximum Gasteiger partial charge on any atom is 0.251 e. The molecule has 0 radical (unpaired) electrons. The first-order chi connectivity index (χ1) is 7.66. The number of carbonyl (C=O) groups is 1. The molecule has 3 nitrogen and oxygen atoms in total. The third-order valence-electron chi connectivity index (χ3n) is 3.20. The van der Waals surface area contributed by atoms with Gasteiger partial charge in [-0.25, -0.2) is 0 Å². The minimum Gasteiger partial charge on any atom is -0.399 e. The summed E-state index contributed by atoms with van der Waals surface area (Å²) in [6.07, 6.45) is 4.65. The first-order valence-corrected chi connectivity index (χ1v) is 5.84. The molecule has 17 heavy (non-hydrogen) atoms. The predicted molar refractivity (Wildman–Crippen MR) is 72.6 cm³/mol. The van der Waals surface area contributed by atoms with E-state index in [4.69, 9.17) is 5.73 Å². The maximum absolute atomic E-state index is 12.0. The van der Waals surface area contributed by atoms with Gasteiger partial charge < -0.3 is 11.1 Å². The second kappa shape index (κ2) is 5.92. The highest BCUT2D eigenvalue weighted by Crippen LogP contribution is 2.19. The number of rotatable bonds is 2. The second-order valence-corrected chi connectivity index (χ2v) is 4.53. The minimum atomic E-state index is 0. The van der Waals surface area contributed by atoms with Crippen LogP contribution in [-0.2, 0) is 0 Å². The molecule has 94 valence electrons. The molecule has 2 rings (SSSR count). The van der Waals surface area contributed by atoms with Gasteiger partial charge in [0.15, 0.2) is 0 Å². The normalized spacial score (nSPS) is 15.4. The van der Waals surface area contributed by atoms with Crippen LogP contribution in [0.4, 0.5) is 5.69 Å². The van der Waals surface area contributed by atoms with Crippen LogP contribution in [0.1, 0.15) is 41.6 Å². The molecule has 0 saturated heterocycles. The first-order valence-electron chi connectivity index (χ1n) is 5.84. The quantitative estimate of drug-likeness (QED) is 0.798. The zero-order valence-corrected chi connectivity index (χ0v) is 10.8. The van der Waals surface area contributed by atoms with E-state index in [0.29, 0.717) is 17.3 Å².